The number of likely N-dealkylation sites (N-methyl/N-ethyl adjacent to an activating group) is 1. The lowest BCUT2D eigenvalue weighted by Crippen LogP contribution is -2.24. The smallest absolute Gasteiger partial charge is 0.246 e. The van der Waals surface area contributed by atoms with Crippen molar-refractivity contribution in [3.8, 4) is 0 Å². The summed E-state index contributed by atoms with van der Waals surface area (Å²) in [6.07, 6.45) is 1.66. The third kappa shape index (κ3) is 3.54. The highest BCUT2D eigenvalue weighted by Gasteiger charge is 2.07. The predicted molar refractivity (Wildman–Crippen MR) is 67.1 cm³/mol. The number of hydrogen-bond acceptors (Lipinski definition) is 1. The molecule has 0 fully saturated rings. The highest BCUT2D eigenvalue weighted by atomic mass is 16.2. The maximum absolute atomic E-state index is 11.7. The summed E-state index contributed by atoms with van der Waals surface area (Å²) in [6.45, 7) is 6.59. The van der Waals surface area contributed by atoms with E-state index < -0.39 is 0 Å². The maximum atomic E-state index is 11.7. The molecule has 0 radical (unpaired) electrons. The fourth-order valence-corrected chi connectivity index (χ4v) is 1.48. The van der Waals surface area contributed by atoms with Gasteiger partial charge in [0.1, 0.15) is 0 Å². The van der Waals surface area contributed by atoms with Gasteiger partial charge in [0.15, 0.2) is 0 Å². The van der Waals surface area contributed by atoms with Crippen LogP contribution < -0.4 is 0 Å². The molecule has 0 unspecified atom stereocenters. The predicted octanol–water partition coefficient (Wildman–Crippen LogP) is 2.92. The Hall–Kier alpha value is -1.57. The number of amides is 1. The van der Waals surface area contributed by atoms with Crippen LogP contribution in [0.3, 0.4) is 0 Å². The third-order valence-corrected chi connectivity index (χ3v) is 2.46. The number of carbonyl (C=O) groups excluding carboxylic acids is 1. The molecule has 0 aromatic heterocycles. The Labute approximate surface area is 97.6 Å². The van der Waals surface area contributed by atoms with Gasteiger partial charge < -0.3 is 4.90 Å². The summed E-state index contributed by atoms with van der Waals surface area (Å²) < 4.78 is 0. The molecule has 0 heterocycles. The summed E-state index contributed by atoms with van der Waals surface area (Å²) in [5.41, 5.74) is 3.45. The van der Waals surface area contributed by atoms with E-state index in [4.69, 9.17) is 0 Å². The first-order chi connectivity index (χ1) is 7.50. The number of benzene rings is 1. The molecule has 0 bridgehead atoms. The molecule has 16 heavy (non-hydrogen) atoms. The molecule has 2 nitrogen and oxygen atoms in total. The van der Waals surface area contributed by atoms with Crippen LogP contribution >= 0.6 is 0 Å². The van der Waals surface area contributed by atoms with E-state index in [1.807, 2.05) is 33.0 Å². The summed E-state index contributed by atoms with van der Waals surface area (Å²) in [5.74, 6) is 0.0586. The second-order valence-electron chi connectivity index (χ2n) is 4.34. The van der Waals surface area contributed by atoms with E-state index in [1.165, 1.54) is 11.1 Å². The van der Waals surface area contributed by atoms with E-state index in [0.717, 1.165) is 5.57 Å². The summed E-state index contributed by atoms with van der Waals surface area (Å²) in [5, 5.41) is 0. The summed E-state index contributed by atoms with van der Waals surface area (Å²) >= 11 is 0. The highest BCUT2D eigenvalue weighted by Crippen LogP contribution is 2.09. The Morgan fingerprint density at radius 2 is 1.94 bits per heavy atom. The van der Waals surface area contributed by atoms with Gasteiger partial charge in [0.05, 0.1) is 0 Å². The molecule has 0 spiro atoms. The number of nitrogens with zero attached hydrogens (tertiary/aromatic N) is 1. The molecule has 86 valence electrons. The first-order valence-corrected chi connectivity index (χ1v) is 5.45. The molecule has 0 saturated carbocycles. The molecule has 2 heteroatoms. The minimum atomic E-state index is 0.0586. The Kier molecular flexibility index (Phi) is 4.29. The molecule has 1 aromatic carbocycles. The van der Waals surface area contributed by atoms with Gasteiger partial charge in [0, 0.05) is 19.7 Å². The second-order valence-corrected chi connectivity index (χ2v) is 4.34. The number of hydrogen-bond donors (Lipinski definition) is 0. The van der Waals surface area contributed by atoms with Crippen molar-refractivity contribution in [1.82, 2.24) is 4.90 Å². The third-order valence-electron chi connectivity index (χ3n) is 2.46. The SMILES string of the molecule is CC(C)=CC(=O)N(C)Cc1ccccc1C. The van der Waals surface area contributed by atoms with Gasteiger partial charge in [-0.2, -0.15) is 0 Å². The second kappa shape index (κ2) is 5.50. The van der Waals surface area contributed by atoms with Crippen molar-refractivity contribution in [2.24, 2.45) is 0 Å². The van der Waals surface area contributed by atoms with Gasteiger partial charge in [-0.1, -0.05) is 29.8 Å². The van der Waals surface area contributed by atoms with Crippen LogP contribution in [0.1, 0.15) is 25.0 Å². The molecule has 1 amide bonds. The van der Waals surface area contributed by atoms with Crippen molar-refractivity contribution in [3.05, 3.63) is 47.0 Å². The van der Waals surface area contributed by atoms with Crippen LogP contribution in [0.2, 0.25) is 0 Å². The van der Waals surface area contributed by atoms with E-state index in [9.17, 15) is 4.79 Å². The maximum Gasteiger partial charge on any atom is 0.246 e. The lowest BCUT2D eigenvalue weighted by atomic mass is 10.1. The van der Waals surface area contributed by atoms with Crippen molar-refractivity contribution in [1.29, 1.82) is 0 Å². The van der Waals surface area contributed by atoms with Gasteiger partial charge in [0.25, 0.3) is 0 Å². The van der Waals surface area contributed by atoms with Crippen molar-refractivity contribution < 1.29 is 4.79 Å². The van der Waals surface area contributed by atoms with E-state index in [1.54, 1.807) is 11.0 Å². The molecule has 0 aliphatic rings. The zero-order valence-electron chi connectivity index (χ0n) is 10.4. The minimum absolute atomic E-state index is 0.0586. The summed E-state index contributed by atoms with van der Waals surface area (Å²) in [7, 11) is 1.83. The fourth-order valence-electron chi connectivity index (χ4n) is 1.48. The number of aryl methyl sites for hydroxylation is 1. The van der Waals surface area contributed by atoms with Crippen LogP contribution in [0.4, 0.5) is 0 Å². The highest BCUT2D eigenvalue weighted by molar-refractivity contribution is 5.87. The largest absolute Gasteiger partial charge is 0.338 e. The molecule has 0 aliphatic heterocycles. The van der Waals surface area contributed by atoms with Crippen molar-refractivity contribution in [2.45, 2.75) is 27.3 Å². The molecule has 0 aliphatic carbocycles. The van der Waals surface area contributed by atoms with Gasteiger partial charge in [-0.3, -0.25) is 4.79 Å². The van der Waals surface area contributed by atoms with Crippen LogP contribution in [0, 0.1) is 6.92 Å². The Morgan fingerprint density at radius 3 is 2.50 bits per heavy atom. The summed E-state index contributed by atoms with van der Waals surface area (Å²) in [4.78, 5) is 13.5. The average Bonchev–Trinajstić information content (AvgIpc) is 2.20. The van der Waals surface area contributed by atoms with Gasteiger partial charge >= 0.3 is 0 Å². The quantitative estimate of drug-likeness (QED) is 0.713. The van der Waals surface area contributed by atoms with E-state index >= 15 is 0 Å². The van der Waals surface area contributed by atoms with Crippen molar-refractivity contribution >= 4 is 5.91 Å². The van der Waals surface area contributed by atoms with Crippen LogP contribution in [-0.2, 0) is 11.3 Å². The standard InChI is InChI=1S/C14H19NO/c1-11(2)9-14(16)15(4)10-13-8-6-5-7-12(13)3/h5-9H,10H2,1-4H3. The van der Waals surface area contributed by atoms with Crippen LogP contribution in [0.15, 0.2) is 35.9 Å². The molecule has 0 N–H and O–H groups in total. The number of rotatable bonds is 3. The Balaban J connectivity index is 2.72. The first-order valence-electron chi connectivity index (χ1n) is 5.45. The van der Waals surface area contributed by atoms with Crippen molar-refractivity contribution in [2.75, 3.05) is 7.05 Å². The topological polar surface area (TPSA) is 20.3 Å². The fraction of sp³-hybridized carbons (Fsp3) is 0.357. The zero-order valence-corrected chi connectivity index (χ0v) is 10.4. The van der Waals surface area contributed by atoms with E-state index in [2.05, 4.69) is 19.1 Å². The van der Waals surface area contributed by atoms with Crippen LogP contribution in [-0.4, -0.2) is 17.9 Å². The number of allylic oxidation sites excluding steroid dienone is 1. The van der Waals surface area contributed by atoms with Gasteiger partial charge in [-0.05, 0) is 31.9 Å². The summed E-state index contributed by atoms with van der Waals surface area (Å²) in [6, 6.07) is 8.13. The Morgan fingerprint density at radius 1 is 1.31 bits per heavy atom. The molecular formula is C14H19NO. The zero-order chi connectivity index (χ0) is 12.1. The van der Waals surface area contributed by atoms with Gasteiger partial charge in [0.2, 0.25) is 5.91 Å². The molecule has 1 aromatic rings. The lowest BCUT2D eigenvalue weighted by molar-refractivity contribution is -0.125. The van der Waals surface area contributed by atoms with Crippen molar-refractivity contribution in [3.63, 3.8) is 0 Å². The minimum Gasteiger partial charge on any atom is -0.338 e. The van der Waals surface area contributed by atoms with Gasteiger partial charge in [-0.25, -0.2) is 0 Å². The lowest BCUT2D eigenvalue weighted by Gasteiger charge is -2.16. The Bertz CT molecular complexity index is 403. The van der Waals surface area contributed by atoms with Crippen LogP contribution in [0.5, 0.6) is 0 Å². The normalized spacial score (nSPS) is 9.75. The van der Waals surface area contributed by atoms with Gasteiger partial charge in [-0.15, -0.1) is 0 Å². The first kappa shape index (κ1) is 12.5. The molecule has 0 atom stereocenters. The van der Waals surface area contributed by atoms with E-state index in [0.29, 0.717) is 6.54 Å². The molecule has 0 saturated heterocycles. The number of carbonyl (C=O) groups is 1. The monoisotopic (exact) mass is 217 g/mol. The average molecular weight is 217 g/mol. The van der Waals surface area contributed by atoms with E-state index in [-0.39, 0.29) is 5.91 Å². The van der Waals surface area contributed by atoms with Crippen LogP contribution in [0.25, 0.3) is 0 Å². The molecule has 1 rings (SSSR count). The molecular weight excluding hydrogens is 198 g/mol.